The number of nitrogens with zero attached hydrogens (tertiary/aromatic N) is 1. The molecule has 0 aromatic heterocycles. The molecule has 0 unspecified atom stereocenters. The minimum atomic E-state index is -0.439. The average molecular weight is 227 g/mol. The number of carbonyl (C=O) groups excluding carboxylic acids is 2. The van der Waals surface area contributed by atoms with Crippen molar-refractivity contribution in [2.24, 2.45) is 0 Å². The van der Waals surface area contributed by atoms with Gasteiger partial charge in [-0.05, 0) is 25.0 Å². The van der Waals surface area contributed by atoms with Gasteiger partial charge in [-0.1, -0.05) is 12.1 Å². The van der Waals surface area contributed by atoms with Gasteiger partial charge in [0.05, 0.1) is 11.3 Å². The van der Waals surface area contributed by atoms with E-state index >= 15 is 0 Å². The summed E-state index contributed by atoms with van der Waals surface area (Å²) in [7, 11) is 0. The maximum absolute atomic E-state index is 11.8. The summed E-state index contributed by atoms with van der Waals surface area (Å²) in [6, 6.07) is 5.40. The average Bonchev–Trinajstić information content (AvgIpc) is 2.56. The third-order valence-electron chi connectivity index (χ3n) is 2.89. The van der Waals surface area contributed by atoms with Crippen LogP contribution in [0.3, 0.4) is 0 Å². The van der Waals surface area contributed by atoms with E-state index in [4.69, 9.17) is 6.42 Å². The fourth-order valence-corrected chi connectivity index (χ4v) is 2.09. The number of unbranched alkanes of at least 4 members (excludes halogenated alkanes) is 1. The van der Waals surface area contributed by atoms with E-state index in [1.807, 2.05) is 13.0 Å². The first kappa shape index (κ1) is 11.4. The van der Waals surface area contributed by atoms with E-state index in [0.29, 0.717) is 24.9 Å². The Hall–Kier alpha value is -2.08. The molecule has 0 saturated heterocycles. The topological polar surface area (TPSA) is 37.4 Å². The van der Waals surface area contributed by atoms with E-state index in [9.17, 15) is 9.59 Å². The highest BCUT2D eigenvalue weighted by Crippen LogP contribution is 2.32. The molecule has 3 nitrogen and oxygen atoms in total. The number of terminal acetylenes is 1. The number of benzene rings is 1. The first-order valence-corrected chi connectivity index (χ1v) is 5.56. The quantitative estimate of drug-likeness (QED) is 0.449. The van der Waals surface area contributed by atoms with Crippen molar-refractivity contribution in [1.82, 2.24) is 0 Å². The number of hydrogen-bond donors (Lipinski definition) is 0. The van der Waals surface area contributed by atoms with E-state index in [1.54, 1.807) is 17.0 Å². The smallest absolute Gasteiger partial charge is 0.299 e. The molecular weight excluding hydrogens is 214 g/mol. The molecule has 0 fully saturated rings. The van der Waals surface area contributed by atoms with Gasteiger partial charge in [0.1, 0.15) is 0 Å². The molecule has 0 saturated carbocycles. The Balaban J connectivity index is 2.34. The van der Waals surface area contributed by atoms with Crippen molar-refractivity contribution in [1.29, 1.82) is 0 Å². The highest BCUT2D eigenvalue weighted by atomic mass is 16.2. The Morgan fingerprint density at radius 2 is 2.12 bits per heavy atom. The summed E-state index contributed by atoms with van der Waals surface area (Å²) < 4.78 is 0. The third kappa shape index (κ3) is 1.83. The fourth-order valence-electron chi connectivity index (χ4n) is 2.09. The number of hydrogen-bond acceptors (Lipinski definition) is 2. The van der Waals surface area contributed by atoms with Crippen molar-refractivity contribution in [2.75, 3.05) is 11.4 Å². The lowest BCUT2D eigenvalue weighted by Gasteiger charge is -2.17. The van der Waals surface area contributed by atoms with Crippen LogP contribution >= 0.6 is 0 Å². The predicted molar refractivity (Wildman–Crippen MR) is 65.9 cm³/mol. The van der Waals surface area contributed by atoms with Crippen LogP contribution in [0.2, 0.25) is 0 Å². The highest BCUT2D eigenvalue weighted by molar-refractivity contribution is 6.52. The zero-order valence-corrected chi connectivity index (χ0v) is 9.69. The van der Waals surface area contributed by atoms with Crippen LogP contribution in [0.25, 0.3) is 0 Å². The second-order valence-corrected chi connectivity index (χ2v) is 4.06. The molecule has 1 amide bonds. The summed E-state index contributed by atoms with van der Waals surface area (Å²) in [5.41, 5.74) is 2.21. The second kappa shape index (κ2) is 4.42. The van der Waals surface area contributed by atoms with Crippen LogP contribution < -0.4 is 4.90 Å². The summed E-state index contributed by atoms with van der Waals surface area (Å²) in [6.45, 7) is 2.41. The first-order valence-electron chi connectivity index (χ1n) is 5.56. The molecule has 3 heteroatoms. The van der Waals surface area contributed by atoms with E-state index in [0.717, 1.165) is 11.3 Å². The molecule has 1 heterocycles. The maximum atomic E-state index is 11.8. The number of anilines is 1. The fraction of sp³-hybridized carbons (Fsp3) is 0.286. The molecular formula is C14H13NO2. The third-order valence-corrected chi connectivity index (χ3v) is 2.89. The minimum Gasteiger partial charge on any atom is -0.304 e. The molecule has 1 aliphatic rings. The maximum Gasteiger partial charge on any atom is 0.299 e. The monoisotopic (exact) mass is 227 g/mol. The lowest BCUT2D eigenvalue weighted by Crippen LogP contribution is -2.30. The largest absolute Gasteiger partial charge is 0.304 e. The predicted octanol–water partition coefficient (Wildman–Crippen LogP) is 1.94. The molecule has 17 heavy (non-hydrogen) atoms. The first-order chi connectivity index (χ1) is 8.16. The lowest BCUT2D eigenvalue weighted by molar-refractivity contribution is -0.114. The number of rotatable bonds is 3. The summed E-state index contributed by atoms with van der Waals surface area (Å²) in [5, 5.41) is 0. The van der Waals surface area contributed by atoms with E-state index < -0.39 is 11.7 Å². The van der Waals surface area contributed by atoms with Crippen molar-refractivity contribution < 1.29 is 9.59 Å². The second-order valence-electron chi connectivity index (χ2n) is 4.06. The van der Waals surface area contributed by atoms with Gasteiger partial charge in [-0.2, -0.15) is 0 Å². The number of carbonyl (C=O) groups is 2. The standard InChI is InChI=1S/C14H13NO2/c1-3-4-5-9-15-12-10(2)7-6-8-11(12)13(16)14(15)17/h1,6-8H,4-5,9H2,2H3. The number of ketones is 1. The number of fused-ring (bicyclic) bond motifs is 1. The molecule has 1 aromatic carbocycles. The molecule has 0 bridgehead atoms. The van der Waals surface area contributed by atoms with Gasteiger partial charge in [-0.15, -0.1) is 12.3 Å². The summed E-state index contributed by atoms with van der Waals surface area (Å²) in [6.07, 6.45) is 6.50. The Bertz CT molecular complexity index is 526. The molecule has 0 spiro atoms. The summed E-state index contributed by atoms with van der Waals surface area (Å²) >= 11 is 0. The van der Waals surface area contributed by atoms with Gasteiger partial charge in [-0.25, -0.2) is 0 Å². The SMILES string of the molecule is C#CCCCN1C(=O)C(=O)c2cccc(C)c21. The van der Waals surface area contributed by atoms with Crippen LogP contribution in [0.5, 0.6) is 0 Å². The Morgan fingerprint density at radius 3 is 2.82 bits per heavy atom. The molecule has 0 radical (unpaired) electrons. The van der Waals surface area contributed by atoms with Gasteiger partial charge in [0.2, 0.25) is 0 Å². The Labute approximate surface area is 100 Å². The zero-order valence-electron chi connectivity index (χ0n) is 9.69. The molecule has 2 rings (SSSR count). The van der Waals surface area contributed by atoms with E-state index in [-0.39, 0.29) is 0 Å². The van der Waals surface area contributed by atoms with Gasteiger partial charge in [0, 0.05) is 13.0 Å². The molecule has 86 valence electrons. The van der Waals surface area contributed by atoms with Crippen molar-refractivity contribution in [2.45, 2.75) is 19.8 Å². The van der Waals surface area contributed by atoms with Gasteiger partial charge in [0.25, 0.3) is 11.7 Å². The number of amides is 1. The van der Waals surface area contributed by atoms with Gasteiger partial charge < -0.3 is 4.90 Å². The van der Waals surface area contributed by atoms with Gasteiger partial charge in [-0.3, -0.25) is 9.59 Å². The normalized spacial score (nSPS) is 13.8. The van der Waals surface area contributed by atoms with Crippen molar-refractivity contribution in [3.05, 3.63) is 29.3 Å². The van der Waals surface area contributed by atoms with Crippen LogP contribution in [0, 0.1) is 19.3 Å². The van der Waals surface area contributed by atoms with Crippen LogP contribution in [0.4, 0.5) is 5.69 Å². The highest BCUT2D eigenvalue weighted by Gasteiger charge is 2.36. The molecule has 0 atom stereocenters. The minimum absolute atomic E-state index is 0.413. The number of Topliss-reactive ketones (excluding diaryl/α,β-unsaturated/α-hetero) is 1. The molecule has 1 aromatic rings. The van der Waals surface area contributed by atoms with Crippen molar-refractivity contribution in [3.8, 4) is 12.3 Å². The Kier molecular flexibility index (Phi) is 2.97. The number of para-hydroxylation sites is 1. The number of aryl methyl sites for hydroxylation is 1. The van der Waals surface area contributed by atoms with E-state index in [2.05, 4.69) is 5.92 Å². The van der Waals surface area contributed by atoms with Crippen LogP contribution in [0.1, 0.15) is 28.8 Å². The molecule has 0 aliphatic carbocycles. The zero-order chi connectivity index (χ0) is 12.4. The summed E-state index contributed by atoms with van der Waals surface area (Å²) in [4.78, 5) is 25.1. The molecule has 1 aliphatic heterocycles. The van der Waals surface area contributed by atoms with Crippen LogP contribution in [-0.2, 0) is 4.79 Å². The summed E-state index contributed by atoms with van der Waals surface area (Å²) in [5.74, 6) is 1.68. The van der Waals surface area contributed by atoms with E-state index in [1.165, 1.54) is 0 Å². The van der Waals surface area contributed by atoms with Crippen molar-refractivity contribution >= 4 is 17.4 Å². The van der Waals surface area contributed by atoms with Gasteiger partial charge in [0.15, 0.2) is 0 Å². The van der Waals surface area contributed by atoms with Crippen LogP contribution in [-0.4, -0.2) is 18.2 Å². The van der Waals surface area contributed by atoms with Crippen LogP contribution in [0.15, 0.2) is 18.2 Å². The van der Waals surface area contributed by atoms with Crippen molar-refractivity contribution in [3.63, 3.8) is 0 Å². The molecule has 0 N–H and O–H groups in total. The van der Waals surface area contributed by atoms with Gasteiger partial charge >= 0.3 is 0 Å². The lowest BCUT2D eigenvalue weighted by atomic mass is 10.1. The Morgan fingerprint density at radius 1 is 1.35 bits per heavy atom.